The molecule has 0 saturated heterocycles. The molecule has 0 aliphatic heterocycles. The highest BCUT2D eigenvalue weighted by atomic mass is 31.2. The Hall–Kier alpha value is -1.12. The van der Waals surface area contributed by atoms with E-state index in [0.717, 1.165) is 17.8 Å². The summed E-state index contributed by atoms with van der Waals surface area (Å²) in [5.41, 5.74) is 2.73. The van der Waals surface area contributed by atoms with Crippen LogP contribution in [0, 0.1) is 11.6 Å². The maximum Gasteiger partial charge on any atom is 0.466 e. The lowest BCUT2D eigenvalue weighted by Crippen LogP contribution is -2.11. The Morgan fingerprint density at radius 3 is 2.06 bits per heavy atom. The smallest absolute Gasteiger partial charge is 0.303 e. The summed E-state index contributed by atoms with van der Waals surface area (Å²) < 4.78 is 45.0. The van der Waals surface area contributed by atoms with Gasteiger partial charge in [0.05, 0.1) is 5.69 Å². The van der Waals surface area contributed by atoms with Crippen LogP contribution in [0.4, 0.5) is 18.9 Å². The van der Waals surface area contributed by atoms with Gasteiger partial charge < -0.3 is 14.7 Å². The topological polar surface area (TPSA) is 102 Å². The van der Waals surface area contributed by atoms with Gasteiger partial charge in [0.25, 0.3) is 0 Å². The predicted octanol–water partition coefficient (Wildman–Crippen LogP) is 0.837. The van der Waals surface area contributed by atoms with Crippen molar-refractivity contribution in [2.45, 2.75) is 0 Å². The fourth-order valence-electron chi connectivity index (χ4n) is 0.642. The number of hydrazine groups is 1. The van der Waals surface area contributed by atoms with Gasteiger partial charge in [0.15, 0.2) is 5.82 Å². The second kappa shape index (κ2) is 6.46. The van der Waals surface area contributed by atoms with Gasteiger partial charge in [-0.15, -0.1) is 4.48 Å². The van der Waals surface area contributed by atoms with Crippen LogP contribution in [0.3, 0.4) is 0 Å². The van der Waals surface area contributed by atoms with Gasteiger partial charge in [0.1, 0.15) is 5.82 Å². The second-order valence-electron chi connectivity index (χ2n) is 2.36. The van der Waals surface area contributed by atoms with Crippen LogP contribution >= 0.6 is 7.82 Å². The molecule has 0 spiro atoms. The molecule has 1 aromatic carbocycles. The van der Waals surface area contributed by atoms with E-state index in [9.17, 15) is 13.3 Å². The average molecular weight is 260 g/mol. The van der Waals surface area contributed by atoms with Crippen LogP contribution in [0.1, 0.15) is 0 Å². The Morgan fingerprint density at radius 1 is 1.19 bits per heavy atom. The molecule has 5 N–H and O–H groups in total. The van der Waals surface area contributed by atoms with E-state index >= 15 is 0 Å². The lowest BCUT2D eigenvalue weighted by atomic mass is 10.3. The predicted molar refractivity (Wildman–Crippen MR) is 48.5 cm³/mol. The summed E-state index contributed by atoms with van der Waals surface area (Å²) in [5.74, 6) is -1.55. The molecule has 1 aromatic rings. The van der Waals surface area contributed by atoms with Gasteiger partial charge in [-0.05, 0) is 12.1 Å². The first-order chi connectivity index (χ1) is 7.24. The van der Waals surface area contributed by atoms with Gasteiger partial charge in [-0.25, -0.2) is 13.3 Å². The second-order valence-corrected chi connectivity index (χ2v) is 3.38. The number of rotatable bonds is 2. The largest absolute Gasteiger partial charge is 0.466 e. The van der Waals surface area contributed by atoms with E-state index in [-0.39, 0.29) is 5.69 Å². The summed E-state index contributed by atoms with van der Waals surface area (Å²) in [5, 5.41) is 0. The molecule has 0 bridgehead atoms. The monoisotopic (exact) mass is 260 g/mol. The van der Waals surface area contributed by atoms with E-state index in [4.69, 9.17) is 19.2 Å². The highest BCUT2D eigenvalue weighted by molar-refractivity contribution is 7.45. The van der Waals surface area contributed by atoms with Gasteiger partial charge in [0, 0.05) is 6.07 Å². The van der Waals surface area contributed by atoms with Crippen molar-refractivity contribution in [3.63, 3.8) is 0 Å². The van der Waals surface area contributed by atoms with Crippen molar-refractivity contribution in [1.29, 1.82) is 0 Å². The first-order valence-corrected chi connectivity index (χ1v) is 5.15. The van der Waals surface area contributed by atoms with Crippen molar-refractivity contribution in [2.24, 2.45) is 0 Å². The summed E-state index contributed by atoms with van der Waals surface area (Å²) >= 11 is 0. The molecule has 0 fully saturated rings. The minimum absolute atomic E-state index is 0.145. The molecule has 0 atom stereocenters. The normalized spacial score (nSPS) is 10.4. The van der Waals surface area contributed by atoms with E-state index in [1.165, 1.54) is 0 Å². The Labute approximate surface area is 87.9 Å². The zero-order chi connectivity index (χ0) is 12.8. The maximum absolute atomic E-state index is 12.5. The fourth-order valence-corrected chi connectivity index (χ4v) is 0.642. The number of anilines is 1. The highest BCUT2D eigenvalue weighted by Gasteiger charge is 2.01. The van der Waals surface area contributed by atoms with Crippen molar-refractivity contribution in [1.82, 2.24) is 5.65 Å². The van der Waals surface area contributed by atoms with Crippen LogP contribution < -0.4 is 11.1 Å². The summed E-state index contributed by atoms with van der Waals surface area (Å²) in [6, 6.07) is 2.75. The lowest BCUT2D eigenvalue weighted by molar-refractivity contribution is 0.275. The van der Waals surface area contributed by atoms with Crippen molar-refractivity contribution < 1.29 is 32.5 Å². The van der Waals surface area contributed by atoms with Crippen LogP contribution in [0.15, 0.2) is 18.2 Å². The van der Waals surface area contributed by atoms with Gasteiger partial charge in [0.2, 0.25) is 0 Å². The van der Waals surface area contributed by atoms with Crippen LogP contribution in [0.25, 0.3) is 0 Å². The molecular weight excluding hydrogens is 252 g/mol. The zero-order valence-electron chi connectivity index (χ0n) is 7.56. The van der Waals surface area contributed by atoms with Crippen LogP contribution in [0.5, 0.6) is 0 Å². The highest BCUT2D eigenvalue weighted by Crippen LogP contribution is 2.25. The molecule has 0 saturated carbocycles. The van der Waals surface area contributed by atoms with Gasteiger partial charge in [-0.3, -0.25) is 5.43 Å². The number of benzene rings is 1. The third-order valence-corrected chi connectivity index (χ3v) is 1.11. The van der Waals surface area contributed by atoms with Gasteiger partial charge in [-0.2, -0.15) is 0 Å². The zero-order valence-corrected chi connectivity index (χ0v) is 8.46. The molecule has 0 heterocycles. The molecule has 0 unspecified atom stereocenters. The van der Waals surface area contributed by atoms with E-state index < -0.39 is 19.5 Å². The average Bonchev–Trinajstić information content (AvgIpc) is 2.07. The standard InChI is InChI=1S/C6H5F3N2.H3O4P/c7-4-1-2-6(10-11-9)5(8)3-4;1-5(2,3)4/h1-3,10-11H;(H3,1,2,3,4). The molecule has 0 aliphatic carbocycles. The number of hydrogen-bond acceptors (Lipinski definition) is 3. The number of halogens is 3. The van der Waals surface area contributed by atoms with Crippen molar-refractivity contribution >= 4 is 13.5 Å². The van der Waals surface area contributed by atoms with E-state index in [0.29, 0.717) is 6.07 Å². The van der Waals surface area contributed by atoms with E-state index in [1.54, 1.807) is 0 Å². The Kier molecular flexibility index (Phi) is 6.01. The molecule has 0 aromatic heterocycles. The molecule has 6 nitrogen and oxygen atoms in total. The van der Waals surface area contributed by atoms with Gasteiger partial charge in [-0.1, -0.05) is 5.65 Å². The molecule has 0 amide bonds. The third-order valence-electron chi connectivity index (χ3n) is 1.11. The van der Waals surface area contributed by atoms with E-state index in [1.807, 2.05) is 5.43 Å². The summed E-state index contributed by atoms with van der Waals surface area (Å²) in [7, 11) is -4.64. The minimum atomic E-state index is -4.64. The summed E-state index contributed by atoms with van der Waals surface area (Å²) in [6.45, 7) is 0. The molecule has 16 heavy (non-hydrogen) atoms. The first kappa shape index (κ1) is 14.9. The van der Waals surface area contributed by atoms with Crippen molar-refractivity contribution in [3.8, 4) is 0 Å². The Morgan fingerprint density at radius 2 is 1.69 bits per heavy atom. The number of nitrogens with one attached hydrogen (secondary N) is 2. The quantitative estimate of drug-likeness (QED) is 0.307. The molecule has 10 heteroatoms. The Balaban J connectivity index is 0.000000385. The lowest BCUT2D eigenvalue weighted by Gasteiger charge is -2.01. The van der Waals surface area contributed by atoms with Crippen LogP contribution in [-0.2, 0) is 4.57 Å². The summed E-state index contributed by atoms with van der Waals surface area (Å²) in [4.78, 5) is 21.6. The number of hydrogen-bond donors (Lipinski definition) is 5. The molecular formula is C6H8F3N2O4P. The van der Waals surface area contributed by atoms with Crippen molar-refractivity contribution in [3.05, 3.63) is 29.8 Å². The van der Waals surface area contributed by atoms with Crippen molar-refractivity contribution in [2.75, 3.05) is 5.43 Å². The maximum atomic E-state index is 12.5. The molecule has 92 valence electrons. The Bertz CT molecular complexity index is 378. The third kappa shape index (κ3) is 8.21. The minimum Gasteiger partial charge on any atom is -0.303 e. The van der Waals surface area contributed by atoms with E-state index in [2.05, 4.69) is 0 Å². The summed E-state index contributed by atoms with van der Waals surface area (Å²) in [6.07, 6.45) is 0. The molecule has 0 radical (unpaired) electrons. The SMILES string of the molecule is FNNc1ccc(F)cc1F.O=P(O)(O)O. The van der Waals surface area contributed by atoms with Gasteiger partial charge >= 0.3 is 7.82 Å². The molecule has 1 rings (SSSR count). The number of phosphoric acid groups is 1. The van der Waals surface area contributed by atoms with Crippen LogP contribution in [0.2, 0.25) is 0 Å². The van der Waals surface area contributed by atoms with Crippen LogP contribution in [-0.4, -0.2) is 14.7 Å². The first-order valence-electron chi connectivity index (χ1n) is 3.59. The fraction of sp³-hybridized carbons (Fsp3) is 0. The molecule has 0 aliphatic rings.